The molecule has 0 unspecified atom stereocenters. The molecule has 0 saturated carbocycles. The highest BCUT2D eigenvalue weighted by Crippen LogP contribution is 2.25. The van der Waals surface area contributed by atoms with Gasteiger partial charge in [0.05, 0.1) is 12.7 Å². The SMILES string of the molecule is COC(=O)c1cc(C=CCS)c(Cl)cc1N. The summed E-state index contributed by atoms with van der Waals surface area (Å²) in [6.07, 6.45) is 3.60. The number of carbonyl (C=O) groups excluding carboxylic acids is 1. The van der Waals surface area contributed by atoms with E-state index in [0.717, 1.165) is 0 Å². The second-order valence-corrected chi connectivity index (χ2v) is 3.81. The lowest BCUT2D eigenvalue weighted by atomic mass is 10.1. The molecular formula is C11H12ClNO2S. The third-order valence-corrected chi connectivity index (χ3v) is 2.52. The lowest BCUT2D eigenvalue weighted by Gasteiger charge is -2.06. The van der Waals surface area contributed by atoms with Crippen molar-refractivity contribution in [3.05, 3.63) is 34.4 Å². The van der Waals surface area contributed by atoms with E-state index in [-0.39, 0.29) is 0 Å². The predicted octanol–water partition coefficient (Wildman–Crippen LogP) is 2.65. The number of methoxy groups -OCH3 is 1. The number of anilines is 1. The first kappa shape index (κ1) is 12.9. The number of hydrogen-bond acceptors (Lipinski definition) is 4. The molecule has 0 spiro atoms. The van der Waals surface area contributed by atoms with Gasteiger partial charge < -0.3 is 10.5 Å². The van der Waals surface area contributed by atoms with Crippen molar-refractivity contribution >= 4 is 42.0 Å². The zero-order valence-corrected chi connectivity index (χ0v) is 10.4. The molecule has 0 amide bonds. The average Bonchev–Trinajstić information content (AvgIpc) is 2.27. The second kappa shape index (κ2) is 5.82. The highest BCUT2D eigenvalue weighted by molar-refractivity contribution is 7.80. The van der Waals surface area contributed by atoms with Gasteiger partial charge in [-0.05, 0) is 17.7 Å². The zero-order chi connectivity index (χ0) is 12.1. The van der Waals surface area contributed by atoms with E-state index in [9.17, 15) is 4.79 Å². The fourth-order valence-electron chi connectivity index (χ4n) is 1.20. The van der Waals surface area contributed by atoms with Crippen LogP contribution in [0.1, 0.15) is 15.9 Å². The van der Waals surface area contributed by atoms with E-state index in [1.54, 1.807) is 12.1 Å². The van der Waals surface area contributed by atoms with Crippen LogP contribution in [0.3, 0.4) is 0 Å². The van der Waals surface area contributed by atoms with Gasteiger partial charge in [0, 0.05) is 16.5 Å². The van der Waals surface area contributed by atoms with Crippen molar-refractivity contribution in [1.29, 1.82) is 0 Å². The molecule has 0 heterocycles. The summed E-state index contributed by atoms with van der Waals surface area (Å²) in [6, 6.07) is 3.13. The standard InChI is InChI=1S/C11H12ClNO2S/c1-15-11(14)8-5-7(3-2-4-16)9(12)6-10(8)13/h2-3,5-6,16H,4,13H2,1H3. The molecule has 1 rings (SSSR count). The molecular weight excluding hydrogens is 246 g/mol. The van der Waals surface area contributed by atoms with Crippen molar-refractivity contribution in [3.8, 4) is 0 Å². The number of ether oxygens (including phenoxy) is 1. The smallest absolute Gasteiger partial charge is 0.339 e. The van der Waals surface area contributed by atoms with Crippen LogP contribution in [0.4, 0.5) is 5.69 Å². The lowest BCUT2D eigenvalue weighted by Crippen LogP contribution is -2.06. The van der Waals surface area contributed by atoms with E-state index in [2.05, 4.69) is 17.4 Å². The molecule has 86 valence electrons. The Balaban J connectivity index is 3.21. The number of hydrogen-bond donors (Lipinski definition) is 2. The van der Waals surface area contributed by atoms with Crippen LogP contribution in [0.5, 0.6) is 0 Å². The second-order valence-electron chi connectivity index (χ2n) is 3.04. The maximum atomic E-state index is 11.4. The first-order valence-electron chi connectivity index (χ1n) is 4.55. The molecule has 0 fully saturated rings. The van der Waals surface area contributed by atoms with Crippen LogP contribution in [0.15, 0.2) is 18.2 Å². The van der Waals surface area contributed by atoms with Gasteiger partial charge in [0.2, 0.25) is 0 Å². The zero-order valence-electron chi connectivity index (χ0n) is 8.74. The van der Waals surface area contributed by atoms with Gasteiger partial charge >= 0.3 is 5.97 Å². The Hall–Kier alpha value is -1.13. The molecule has 3 nitrogen and oxygen atoms in total. The number of carbonyl (C=O) groups is 1. The molecule has 0 radical (unpaired) electrons. The van der Waals surface area contributed by atoms with E-state index in [0.29, 0.717) is 27.6 Å². The van der Waals surface area contributed by atoms with E-state index in [1.807, 2.05) is 6.08 Å². The van der Waals surface area contributed by atoms with Gasteiger partial charge in [0.25, 0.3) is 0 Å². The van der Waals surface area contributed by atoms with Crippen molar-refractivity contribution in [2.24, 2.45) is 0 Å². The van der Waals surface area contributed by atoms with Gasteiger partial charge in [-0.1, -0.05) is 23.8 Å². The minimum Gasteiger partial charge on any atom is -0.465 e. The minimum absolute atomic E-state index is 0.305. The number of nitrogens with two attached hydrogens (primary N) is 1. The fraction of sp³-hybridized carbons (Fsp3) is 0.182. The number of nitrogen functional groups attached to an aromatic ring is 1. The molecule has 0 aliphatic heterocycles. The molecule has 5 heteroatoms. The van der Waals surface area contributed by atoms with Crippen LogP contribution in [0.25, 0.3) is 6.08 Å². The maximum absolute atomic E-state index is 11.4. The Morgan fingerprint density at radius 3 is 2.88 bits per heavy atom. The van der Waals surface area contributed by atoms with Crippen molar-refractivity contribution in [1.82, 2.24) is 0 Å². The van der Waals surface area contributed by atoms with Crippen LogP contribution < -0.4 is 5.73 Å². The quantitative estimate of drug-likeness (QED) is 0.497. The van der Waals surface area contributed by atoms with Gasteiger partial charge in [0.15, 0.2) is 0 Å². The normalized spacial score (nSPS) is 10.7. The summed E-state index contributed by atoms with van der Waals surface area (Å²) in [4.78, 5) is 11.4. The van der Waals surface area contributed by atoms with Crippen LogP contribution >= 0.6 is 24.2 Å². The molecule has 0 saturated heterocycles. The molecule has 0 aromatic heterocycles. The largest absolute Gasteiger partial charge is 0.465 e. The van der Waals surface area contributed by atoms with Crippen LogP contribution in [0, 0.1) is 0 Å². The summed E-state index contributed by atoms with van der Waals surface area (Å²) in [6.45, 7) is 0. The lowest BCUT2D eigenvalue weighted by molar-refractivity contribution is 0.0602. The highest BCUT2D eigenvalue weighted by atomic mass is 35.5. The first-order chi connectivity index (χ1) is 7.60. The van der Waals surface area contributed by atoms with E-state index < -0.39 is 5.97 Å². The summed E-state index contributed by atoms with van der Waals surface area (Å²) in [5.41, 5.74) is 7.00. The summed E-state index contributed by atoms with van der Waals surface area (Å²) in [7, 11) is 1.31. The molecule has 0 atom stereocenters. The Bertz CT molecular complexity index is 432. The maximum Gasteiger partial charge on any atom is 0.339 e. The number of benzene rings is 1. The molecule has 2 N–H and O–H groups in total. The van der Waals surface area contributed by atoms with Crippen molar-refractivity contribution in [3.63, 3.8) is 0 Å². The highest BCUT2D eigenvalue weighted by Gasteiger charge is 2.12. The van der Waals surface area contributed by atoms with Crippen molar-refractivity contribution in [2.75, 3.05) is 18.6 Å². The first-order valence-corrected chi connectivity index (χ1v) is 5.56. The van der Waals surface area contributed by atoms with Gasteiger partial charge in [0.1, 0.15) is 0 Å². The molecule has 1 aromatic carbocycles. The summed E-state index contributed by atoms with van der Waals surface area (Å²) < 4.78 is 4.62. The summed E-state index contributed by atoms with van der Waals surface area (Å²) >= 11 is 10.0. The van der Waals surface area contributed by atoms with E-state index in [1.165, 1.54) is 13.2 Å². The average molecular weight is 258 g/mol. The summed E-state index contributed by atoms with van der Waals surface area (Å²) in [5.74, 6) is 0.114. The molecule has 0 aliphatic carbocycles. The third kappa shape index (κ3) is 2.93. The Morgan fingerprint density at radius 1 is 1.62 bits per heavy atom. The fourth-order valence-corrected chi connectivity index (χ4v) is 1.54. The predicted molar refractivity (Wildman–Crippen MR) is 70.1 cm³/mol. The van der Waals surface area contributed by atoms with Gasteiger partial charge in [-0.15, -0.1) is 0 Å². The number of esters is 1. The van der Waals surface area contributed by atoms with E-state index in [4.69, 9.17) is 17.3 Å². The van der Waals surface area contributed by atoms with Crippen molar-refractivity contribution in [2.45, 2.75) is 0 Å². The number of rotatable bonds is 3. The molecule has 16 heavy (non-hydrogen) atoms. The van der Waals surface area contributed by atoms with Crippen LogP contribution in [-0.2, 0) is 4.74 Å². The topological polar surface area (TPSA) is 52.3 Å². The Morgan fingerprint density at radius 2 is 2.31 bits per heavy atom. The van der Waals surface area contributed by atoms with Gasteiger partial charge in [-0.25, -0.2) is 4.79 Å². The van der Waals surface area contributed by atoms with Gasteiger partial charge in [-0.3, -0.25) is 0 Å². The van der Waals surface area contributed by atoms with Crippen LogP contribution in [-0.4, -0.2) is 18.8 Å². The van der Waals surface area contributed by atoms with Gasteiger partial charge in [-0.2, -0.15) is 12.6 Å². The molecule has 1 aromatic rings. The molecule has 0 aliphatic rings. The summed E-state index contributed by atoms with van der Waals surface area (Å²) in [5, 5.41) is 0.489. The Kier molecular flexibility index (Phi) is 4.71. The minimum atomic E-state index is -0.477. The van der Waals surface area contributed by atoms with Crippen LogP contribution in [0.2, 0.25) is 5.02 Å². The third-order valence-electron chi connectivity index (χ3n) is 1.98. The van der Waals surface area contributed by atoms with Crippen molar-refractivity contribution < 1.29 is 9.53 Å². The monoisotopic (exact) mass is 257 g/mol. The number of halogens is 1. The number of thiol groups is 1. The molecule has 0 bridgehead atoms. The van der Waals surface area contributed by atoms with E-state index >= 15 is 0 Å². The Labute approximate surface area is 105 Å².